The highest BCUT2D eigenvalue weighted by Gasteiger charge is 2.32. The summed E-state index contributed by atoms with van der Waals surface area (Å²) in [5.74, 6) is -0.172. The topological polar surface area (TPSA) is 60.2 Å². The molecule has 0 fully saturated rings. The van der Waals surface area contributed by atoms with Crippen molar-refractivity contribution in [1.82, 2.24) is 4.98 Å². The summed E-state index contributed by atoms with van der Waals surface area (Å²) in [6, 6.07) is 15.8. The van der Waals surface area contributed by atoms with Crippen molar-refractivity contribution in [3.8, 4) is 11.3 Å². The standard InChI is InChI=1S/C20H16FN3OS/c1-12-18(13-6-3-2-4-7-13)23-20(26-12)17-16(25)11-24(19(17)22)15-9-5-8-14(21)10-15/h2-10,22,25H,11H2,1H3. The molecule has 0 spiro atoms. The molecule has 0 saturated heterocycles. The number of thiazole rings is 1. The van der Waals surface area contributed by atoms with Crippen LogP contribution in [0.5, 0.6) is 0 Å². The largest absolute Gasteiger partial charge is 0.510 e. The SMILES string of the molecule is Cc1sc(C2=C(O)CN(c3cccc(F)c3)C2=N)nc1-c1ccccc1. The summed E-state index contributed by atoms with van der Waals surface area (Å²) in [5.41, 5.74) is 2.79. The fourth-order valence-electron chi connectivity index (χ4n) is 3.04. The first kappa shape index (κ1) is 16.5. The summed E-state index contributed by atoms with van der Waals surface area (Å²) < 4.78 is 13.5. The van der Waals surface area contributed by atoms with Crippen LogP contribution in [0.1, 0.15) is 9.88 Å². The van der Waals surface area contributed by atoms with E-state index in [2.05, 4.69) is 4.98 Å². The molecule has 2 aromatic carbocycles. The van der Waals surface area contributed by atoms with Crippen molar-refractivity contribution in [3.05, 3.63) is 76.1 Å². The summed E-state index contributed by atoms with van der Waals surface area (Å²) in [6.07, 6.45) is 0. The van der Waals surface area contributed by atoms with E-state index >= 15 is 0 Å². The molecule has 4 nitrogen and oxygen atoms in total. The number of halogens is 1. The van der Waals surface area contributed by atoms with Crippen molar-refractivity contribution >= 4 is 28.4 Å². The van der Waals surface area contributed by atoms with Crippen molar-refractivity contribution in [3.63, 3.8) is 0 Å². The molecule has 0 unspecified atom stereocenters. The molecule has 1 aliphatic rings. The molecule has 0 bridgehead atoms. The van der Waals surface area contributed by atoms with Crippen LogP contribution in [0.25, 0.3) is 16.8 Å². The lowest BCUT2D eigenvalue weighted by atomic mass is 10.1. The van der Waals surface area contributed by atoms with Crippen LogP contribution in [0.4, 0.5) is 10.1 Å². The number of aliphatic hydroxyl groups excluding tert-OH is 1. The van der Waals surface area contributed by atoms with E-state index in [9.17, 15) is 9.50 Å². The van der Waals surface area contributed by atoms with Crippen molar-refractivity contribution < 1.29 is 9.50 Å². The van der Waals surface area contributed by atoms with E-state index in [0.29, 0.717) is 16.3 Å². The number of aryl methyl sites for hydroxylation is 1. The minimum Gasteiger partial charge on any atom is -0.510 e. The number of nitrogens with zero attached hydrogens (tertiary/aromatic N) is 2. The molecule has 0 aliphatic carbocycles. The number of hydrogen-bond donors (Lipinski definition) is 2. The molecular weight excluding hydrogens is 349 g/mol. The zero-order valence-corrected chi connectivity index (χ0v) is 14.8. The van der Waals surface area contributed by atoms with E-state index in [1.165, 1.54) is 23.5 Å². The molecule has 26 heavy (non-hydrogen) atoms. The van der Waals surface area contributed by atoms with Gasteiger partial charge in [-0.3, -0.25) is 5.41 Å². The quantitative estimate of drug-likeness (QED) is 0.685. The van der Waals surface area contributed by atoms with Crippen LogP contribution in [0.15, 0.2) is 60.4 Å². The first-order valence-electron chi connectivity index (χ1n) is 8.12. The van der Waals surface area contributed by atoms with E-state index in [1.54, 1.807) is 17.0 Å². The van der Waals surface area contributed by atoms with Gasteiger partial charge in [0.05, 0.1) is 17.8 Å². The molecule has 0 atom stereocenters. The lowest BCUT2D eigenvalue weighted by molar-refractivity contribution is 0.411. The number of aliphatic hydroxyl groups is 1. The molecule has 2 N–H and O–H groups in total. The van der Waals surface area contributed by atoms with Gasteiger partial charge >= 0.3 is 0 Å². The first-order chi connectivity index (χ1) is 12.5. The van der Waals surface area contributed by atoms with Crippen molar-refractivity contribution in [2.24, 2.45) is 0 Å². The van der Waals surface area contributed by atoms with E-state index < -0.39 is 0 Å². The highest BCUT2D eigenvalue weighted by atomic mass is 32.1. The number of hydrogen-bond acceptors (Lipinski definition) is 4. The maximum atomic E-state index is 13.5. The van der Waals surface area contributed by atoms with Gasteiger partial charge in [0.1, 0.15) is 22.4 Å². The summed E-state index contributed by atoms with van der Waals surface area (Å²) in [5, 5.41) is 19.5. The fraction of sp³-hybridized carbons (Fsp3) is 0.100. The molecule has 0 radical (unpaired) electrons. The third-order valence-electron chi connectivity index (χ3n) is 4.28. The van der Waals surface area contributed by atoms with Crippen molar-refractivity contribution in [1.29, 1.82) is 5.41 Å². The lowest BCUT2D eigenvalue weighted by Crippen LogP contribution is -2.26. The maximum Gasteiger partial charge on any atom is 0.139 e. The van der Waals surface area contributed by atoms with Gasteiger partial charge in [-0.15, -0.1) is 11.3 Å². The van der Waals surface area contributed by atoms with Gasteiger partial charge in [0, 0.05) is 16.1 Å². The Morgan fingerprint density at radius 2 is 1.92 bits per heavy atom. The number of aromatic nitrogens is 1. The predicted octanol–water partition coefficient (Wildman–Crippen LogP) is 5.02. The lowest BCUT2D eigenvalue weighted by Gasteiger charge is -2.18. The number of amidine groups is 1. The normalized spacial score (nSPS) is 14.4. The Labute approximate surface area is 154 Å². The average Bonchev–Trinajstić information content (AvgIpc) is 3.15. The van der Waals surface area contributed by atoms with E-state index in [1.807, 2.05) is 37.3 Å². The molecule has 0 amide bonds. The second kappa shape index (κ2) is 6.38. The smallest absolute Gasteiger partial charge is 0.139 e. The van der Waals surface area contributed by atoms with Crippen LogP contribution in [0, 0.1) is 18.2 Å². The van der Waals surface area contributed by atoms with Crippen LogP contribution < -0.4 is 4.90 Å². The highest BCUT2D eigenvalue weighted by molar-refractivity contribution is 7.13. The Morgan fingerprint density at radius 1 is 1.15 bits per heavy atom. The van der Waals surface area contributed by atoms with Gasteiger partial charge in [0.25, 0.3) is 0 Å². The van der Waals surface area contributed by atoms with Gasteiger partial charge in [0.15, 0.2) is 0 Å². The fourth-order valence-corrected chi connectivity index (χ4v) is 4.04. The summed E-state index contributed by atoms with van der Waals surface area (Å²) in [7, 11) is 0. The molecule has 2 heterocycles. The second-order valence-corrected chi connectivity index (χ2v) is 7.23. The predicted molar refractivity (Wildman–Crippen MR) is 103 cm³/mol. The van der Waals surface area contributed by atoms with Crippen LogP contribution >= 0.6 is 11.3 Å². The van der Waals surface area contributed by atoms with E-state index in [0.717, 1.165) is 16.1 Å². The van der Waals surface area contributed by atoms with Crippen LogP contribution in [0.3, 0.4) is 0 Å². The minimum atomic E-state index is -0.375. The van der Waals surface area contributed by atoms with Gasteiger partial charge in [-0.2, -0.15) is 0 Å². The number of rotatable bonds is 3. The van der Waals surface area contributed by atoms with Crippen LogP contribution in [-0.2, 0) is 0 Å². The Bertz CT molecular complexity index is 1030. The number of anilines is 1. The maximum absolute atomic E-state index is 13.5. The highest BCUT2D eigenvalue weighted by Crippen LogP contribution is 2.36. The van der Waals surface area contributed by atoms with Gasteiger partial charge in [0.2, 0.25) is 0 Å². The Balaban J connectivity index is 1.70. The van der Waals surface area contributed by atoms with Gasteiger partial charge in [-0.1, -0.05) is 36.4 Å². The van der Waals surface area contributed by atoms with Crippen molar-refractivity contribution in [2.75, 3.05) is 11.4 Å². The third kappa shape index (κ3) is 2.78. The summed E-state index contributed by atoms with van der Waals surface area (Å²) in [4.78, 5) is 7.26. The first-order valence-corrected chi connectivity index (χ1v) is 8.93. The third-order valence-corrected chi connectivity index (χ3v) is 5.27. The van der Waals surface area contributed by atoms with Crippen LogP contribution in [0.2, 0.25) is 0 Å². The minimum absolute atomic E-state index is 0.0765. The zero-order valence-electron chi connectivity index (χ0n) is 14.0. The summed E-state index contributed by atoms with van der Waals surface area (Å²) >= 11 is 1.44. The second-order valence-electron chi connectivity index (χ2n) is 6.03. The molecule has 0 saturated carbocycles. The molecule has 3 aromatic rings. The Kier molecular flexibility index (Phi) is 4.05. The molecule has 4 rings (SSSR count). The van der Waals surface area contributed by atoms with Crippen molar-refractivity contribution in [2.45, 2.75) is 6.92 Å². The zero-order chi connectivity index (χ0) is 18.3. The molecular formula is C20H16FN3OS. The monoisotopic (exact) mass is 365 g/mol. The Hall–Kier alpha value is -2.99. The van der Waals surface area contributed by atoms with Gasteiger partial charge in [-0.25, -0.2) is 9.37 Å². The number of benzene rings is 2. The Morgan fingerprint density at radius 3 is 2.65 bits per heavy atom. The summed E-state index contributed by atoms with van der Waals surface area (Å²) in [6.45, 7) is 2.11. The molecule has 1 aliphatic heterocycles. The van der Waals surface area contributed by atoms with Gasteiger partial charge in [-0.05, 0) is 25.1 Å². The van der Waals surface area contributed by atoms with E-state index in [4.69, 9.17) is 5.41 Å². The van der Waals surface area contributed by atoms with Gasteiger partial charge < -0.3 is 10.0 Å². The molecule has 6 heteroatoms. The molecule has 1 aromatic heterocycles. The number of nitrogens with one attached hydrogen (secondary N) is 1. The van der Waals surface area contributed by atoms with E-state index in [-0.39, 0.29) is 24.0 Å². The average molecular weight is 365 g/mol. The molecule has 130 valence electrons. The van der Waals surface area contributed by atoms with Crippen LogP contribution in [-0.4, -0.2) is 22.5 Å².